The highest BCUT2D eigenvalue weighted by atomic mass is 79.9. The van der Waals surface area contributed by atoms with Crippen LogP contribution in [0.3, 0.4) is 0 Å². The molecule has 0 radical (unpaired) electrons. The molecule has 1 fully saturated rings. The number of pyridine rings is 1. The molecule has 0 spiro atoms. The Balaban J connectivity index is 1.22. The lowest BCUT2D eigenvalue weighted by molar-refractivity contribution is 0.247. The van der Waals surface area contributed by atoms with Crippen LogP contribution >= 0.6 is 27.3 Å². The number of aromatic nitrogens is 4. The Morgan fingerprint density at radius 1 is 1.09 bits per heavy atom. The minimum absolute atomic E-state index is 0.738. The Hall–Kier alpha value is -2.79. The van der Waals surface area contributed by atoms with E-state index in [1.54, 1.807) is 11.3 Å². The summed E-state index contributed by atoms with van der Waals surface area (Å²) in [5.41, 5.74) is 9.45. The van der Waals surface area contributed by atoms with Gasteiger partial charge in [0.15, 0.2) is 5.65 Å². The smallest absolute Gasteiger partial charge is 0.180 e. The van der Waals surface area contributed by atoms with Gasteiger partial charge in [-0.3, -0.25) is 9.91 Å². The molecule has 2 N–H and O–H groups in total. The molecule has 10 heteroatoms. The summed E-state index contributed by atoms with van der Waals surface area (Å²) in [6.07, 6.45) is 6.00. The maximum absolute atomic E-state index is 4.80. The van der Waals surface area contributed by atoms with E-state index in [1.807, 2.05) is 17.4 Å². The van der Waals surface area contributed by atoms with Gasteiger partial charge in [-0.15, -0.1) is 11.3 Å². The zero-order valence-electron chi connectivity index (χ0n) is 18.8. The molecule has 5 heterocycles. The quantitative estimate of drug-likeness (QED) is 0.393. The predicted octanol–water partition coefficient (Wildman–Crippen LogP) is 4.31. The number of nitrogens with zero attached hydrogens (tertiary/aromatic N) is 6. The van der Waals surface area contributed by atoms with Gasteiger partial charge in [0.25, 0.3) is 0 Å². The van der Waals surface area contributed by atoms with Crippen LogP contribution in [0.2, 0.25) is 0 Å². The van der Waals surface area contributed by atoms with E-state index in [-0.39, 0.29) is 0 Å². The molecule has 34 heavy (non-hydrogen) atoms. The Morgan fingerprint density at radius 2 is 1.91 bits per heavy atom. The largest absolute Gasteiger partial charge is 0.366 e. The Kier molecular flexibility index (Phi) is 5.82. The lowest BCUT2D eigenvalue weighted by Crippen LogP contribution is -2.46. The number of hydrazine groups is 1. The van der Waals surface area contributed by atoms with Crippen LogP contribution in [0.15, 0.2) is 52.6 Å². The van der Waals surface area contributed by atoms with Gasteiger partial charge < -0.3 is 9.88 Å². The minimum Gasteiger partial charge on any atom is -0.366 e. The molecule has 0 amide bonds. The zero-order valence-corrected chi connectivity index (χ0v) is 21.2. The number of hydrogen-bond acceptors (Lipinski definition) is 8. The second-order valence-electron chi connectivity index (χ2n) is 8.52. The molecular weight excluding hydrogens is 512 g/mol. The van der Waals surface area contributed by atoms with Gasteiger partial charge in [0.1, 0.15) is 11.3 Å². The summed E-state index contributed by atoms with van der Waals surface area (Å²) in [4.78, 5) is 22.4. The van der Waals surface area contributed by atoms with Gasteiger partial charge in [-0.25, -0.2) is 20.4 Å². The Bertz CT molecular complexity index is 1340. The van der Waals surface area contributed by atoms with Crippen molar-refractivity contribution in [3.8, 4) is 11.4 Å². The topological polar surface area (TPSA) is 76.2 Å². The summed E-state index contributed by atoms with van der Waals surface area (Å²) < 4.78 is 0.987. The van der Waals surface area contributed by atoms with Crippen molar-refractivity contribution >= 4 is 49.8 Å². The van der Waals surface area contributed by atoms with Gasteiger partial charge in [0, 0.05) is 62.6 Å². The number of benzene rings is 1. The Morgan fingerprint density at radius 3 is 2.62 bits per heavy atom. The van der Waals surface area contributed by atoms with Crippen molar-refractivity contribution in [2.24, 2.45) is 0 Å². The normalized spacial score (nSPS) is 16.8. The van der Waals surface area contributed by atoms with Crippen LogP contribution < -0.4 is 15.3 Å². The van der Waals surface area contributed by atoms with Gasteiger partial charge in [-0.05, 0) is 47.1 Å². The molecule has 0 atom stereocenters. The molecule has 6 rings (SSSR count). The number of thiazole rings is 1. The number of hydrogen-bond donors (Lipinski definition) is 2. The number of rotatable bonds is 5. The second-order valence-corrected chi connectivity index (χ2v) is 10.4. The summed E-state index contributed by atoms with van der Waals surface area (Å²) in [7, 11) is 0. The van der Waals surface area contributed by atoms with Crippen LogP contribution in [-0.4, -0.2) is 57.6 Å². The van der Waals surface area contributed by atoms with Gasteiger partial charge >= 0.3 is 0 Å². The number of piperazine rings is 1. The molecule has 174 valence electrons. The first kappa shape index (κ1) is 21.7. The van der Waals surface area contributed by atoms with Crippen molar-refractivity contribution in [3.63, 3.8) is 0 Å². The highest BCUT2D eigenvalue weighted by Gasteiger charge is 2.23. The maximum Gasteiger partial charge on any atom is 0.180 e. The number of aromatic amines is 1. The van der Waals surface area contributed by atoms with Crippen LogP contribution in [0.25, 0.3) is 22.6 Å². The zero-order chi connectivity index (χ0) is 23.1. The second kappa shape index (κ2) is 9.10. The average molecular weight is 537 g/mol. The fourth-order valence-electron chi connectivity index (χ4n) is 4.53. The maximum atomic E-state index is 4.80. The molecule has 0 unspecified atom stereocenters. The van der Waals surface area contributed by atoms with Crippen LogP contribution in [0.1, 0.15) is 10.7 Å². The number of anilines is 2. The van der Waals surface area contributed by atoms with E-state index in [0.29, 0.717) is 0 Å². The van der Waals surface area contributed by atoms with E-state index in [9.17, 15) is 0 Å². The molecule has 2 aliphatic heterocycles. The number of imidazole rings is 1. The summed E-state index contributed by atoms with van der Waals surface area (Å²) in [6.45, 7) is 7.71. The lowest BCUT2D eigenvalue weighted by Gasteiger charge is -2.36. The van der Waals surface area contributed by atoms with E-state index in [1.165, 1.54) is 5.69 Å². The highest BCUT2D eigenvalue weighted by molar-refractivity contribution is 9.10. The highest BCUT2D eigenvalue weighted by Crippen LogP contribution is 2.34. The van der Waals surface area contributed by atoms with Crippen molar-refractivity contribution in [2.75, 3.05) is 42.6 Å². The van der Waals surface area contributed by atoms with Crippen LogP contribution in [0.4, 0.5) is 11.4 Å². The number of H-pyrrole nitrogens is 1. The predicted molar refractivity (Wildman–Crippen MR) is 141 cm³/mol. The molecule has 0 saturated carbocycles. The standard InChI is InChI=1S/C24H25BrN8S/c1-16-28-18(15-34-16)14-31-9-11-32(12-10-31)22-20(25)13-26-24-21(22)29-23(30-24)17-3-5-19(6-4-17)33-8-2-7-27-33/h2-6,8,13,15,27H,7,9-12,14H2,1H3,(H,26,29,30). The van der Waals surface area contributed by atoms with E-state index in [2.05, 4.69) is 88.8 Å². The molecule has 1 aromatic carbocycles. The molecular formula is C24H25BrN8S. The first-order valence-electron chi connectivity index (χ1n) is 11.4. The van der Waals surface area contributed by atoms with Gasteiger partial charge in [-0.1, -0.05) is 6.08 Å². The van der Waals surface area contributed by atoms with Crippen molar-refractivity contribution in [1.82, 2.24) is 30.3 Å². The SMILES string of the molecule is Cc1nc(CN2CCN(c3c(Br)cnc4nc(-c5ccc(N6C=CCN6)cc5)[nH]c34)CC2)cs1. The minimum atomic E-state index is 0.738. The molecule has 3 aromatic heterocycles. The lowest BCUT2D eigenvalue weighted by atomic mass is 10.2. The fraction of sp³-hybridized carbons (Fsp3) is 0.292. The summed E-state index contributed by atoms with van der Waals surface area (Å²) in [6, 6.07) is 8.38. The first-order valence-corrected chi connectivity index (χ1v) is 13.0. The van der Waals surface area contributed by atoms with Gasteiger partial charge in [0.2, 0.25) is 0 Å². The van der Waals surface area contributed by atoms with Crippen molar-refractivity contribution in [2.45, 2.75) is 13.5 Å². The van der Waals surface area contributed by atoms with E-state index < -0.39 is 0 Å². The van der Waals surface area contributed by atoms with Gasteiger partial charge in [-0.2, -0.15) is 0 Å². The third-order valence-electron chi connectivity index (χ3n) is 6.24. The molecule has 0 aliphatic carbocycles. The summed E-state index contributed by atoms with van der Waals surface area (Å²) >= 11 is 5.46. The van der Waals surface area contributed by atoms with E-state index in [4.69, 9.17) is 4.98 Å². The van der Waals surface area contributed by atoms with E-state index in [0.717, 1.165) is 82.7 Å². The Labute approximate surface area is 210 Å². The molecule has 8 nitrogen and oxygen atoms in total. The summed E-state index contributed by atoms with van der Waals surface area (Å²) in [5.74, 6) is 0.830. The molecule has 0 bridgehead atoms. The third kappa shape index (κ3) is 4.22. The van der Waals surface area contributed by atoms with E-state index >= 15 is 0 Å². The fourth-order valence-corrected chi connectivity index (χ4v) is 5.68. The third-order valence-corrected chi connectivity index (χ3v) is 7.64. The van der Waals surface area contributed by atoms with Gasteiger partial charge in [0.05, 0.1) is 26.5 Å². The number of halogens is 1. The van der Waals surface area contributed by atoms with Crippen molar-refractivity contribution in [1.29, 1.82) is 0 Å². The first-order chi connectivity index (χ1) is 16.6. The summed E-state index contributed by atoms with van der Waals surface area (Å²) in [5, 5.41) is 5.32. The number of aryl methyl sites for hydroxylation is 1. The molecule has 4 aromatic rings. The molecule has 1 saturated heterocycles. The van der Waals surface area contributed by atoms with Crippen LogP contribution in [-0.2, 0) is 6.54 Å². The van der Waals surface area contributed by atoms with Crippen LogP contribution in [0.5, 0.6) is 0 Å². The monoisotopic (exact) mass is 536 g/mol. The molecule has 2 aliphatic rings. The van der Waals surface area contributed by atoms with Crippen LogP contribution in [0, 0.1) is 6.92 Å². The average Bonchev–Trinajstić information content (AvgIpc) is 3.61. The number of nitrogens with one attached hydrogen (secondary N) is 2. The number of fused-ring (bicyclic) bond motifs is 1. The van der Waals surface area contributed by atoms with Crippen molar-refractivity contribution in [3.05, 3.63) is 63.3 Å². The van der Waals surface area contributed by atoms with Crippen molar-refractivity contribution < 1.29 is 0 Å².